The highest BCUT2D eigenvalue weighted by Crippen LogP contribution is 2.11. The van der Waals surface area contributed by atoms with Crippen molar-refractivity contribution < 1.29 is 9.13 Å². The van der Waals surface area contributed by atoms with Gasteiger partial charge in [-0.1, -0.05) is 13.0 Å². The van der Waals surface area contributed by atoms with Gasteiger partial charge in [0.2, 0.25) is 0 Å². The Labute approximate surface area is 90.4 Å². The maximum absolute atomic E-state index is 12.8. The molecule has 0 heterocycles. The van der Waals surface area contributed by atoms with E-state index in [-0.39, 0.29) is 5.82 Å². The van der Waals surface area contributed by atoms with Crippen molar-refractivity contribution in [1.29, 1.82) is 0 Å². The maximum Gasteiger partial charge on any atom is 0.126 e. The minimum absolute atomic E-state index is 0.253. The first kappa shape index (κ1) is 12.0. The van der Waals surface area contributed by atoms with Crippen LogP contribution in [0.3, 0.4) is 0 Å². The van der Waals surface area contributed by atoms with Crippen molar-refractivity contribution in [3.8, 4) is 5.75 Å². The summed E-state index contributed by atoms with van der Waals surface area (Å²) in [5.41, 5.74) is 0. The van der Waals surface area contributed by atoms with Crippen LogP contribution in [0.4, 0.5) is 4.39 Å². The van der Waals surface area contributed by atoms with Gasteiger partial charge in [-0.15, -0.1) is 0 Å². The Morgan fingerprint density at radius 2 is 2.20 bits per heavy atom. The smallest absolute Gasteiger partial charge is 0.126 e. The molecule has 84 valence electrons. The second-order valence-electron chi connectivity index (χ2n) is 3.41. The summed E-state index contributed by atoms with van der Waals surface area (Å²) < 4.78 is 18.1. The molecule has 0 saturated carbocycles. The number of rotatable bonds is 7. The van der Waals surface area contributed by atoms with Crippen LogP contribution in [-0.4, -0.2) is 19.7 Å². The molecule has 0 aliphatic heterocycles. The van der Waals surface area contributed by atoms with E-state index >= 15 is 0 Å². The van der Waals surface area contributed by atoms with E-state index in [9.17, 15) is 4.39 Å². The lowest BCUT2D eigenvalue weighted by Crippen LogP contribution is -2.18. The molecule has 0 amide bonds. The Morgan fingerprint density at radius 3 is 2.93 bits per heavy atom. The van der Waals surface area contributed by atoms with Crippen LogP contribution in [0.25, 0.3) is 0 Å². The van der Waals surface area contributed by atoms with Gasteiger partial charge in [-0.2, -0.15) is 0 Å². The first-order valence-corrected chi connectivity index (χ1v) is 5.42. The number of halogens is 1. The van der Waals surface area contributed by atoms with Crippen LogP contribution in [0.15, 0.2) is 24.3 Å². The van der Waals surface area contributed by atoms with E-state index in [4.69, 9.17) is 4.74 Å². The average Bonchev–Trinajstić information content (AvgIpc) is 2.23. The third kappa shape index (κ3) is 5.37. The molecule has 0 aliphatic carbocycles. The molecule has 0 bridgehead atoms. The molecule has 15 heavy (non-hydrogen) atoms. The van der Waals surface area contributed by atoms with Crippen molar-refractivity contribution in [3.05, 3.63) is 30.1 Å². The van der Waals surface area contributed by atoms with E-state index < -0.39 is 0 Å². The van der Waals surface area contributed by atoms with Gasteiger partial charge in [0, 0.05) is 6.07 Å². The standard InChI is InChI=1S/C12H18FNO/c1-2-7-14-8-4-9-15-12-6-3-5-11(13)10-12/h3,5-6,10,14H,2,4,7-9H2,1H3. The van der Waals surface area contributed by atoms with Gasteiger partial charge < -0.3 is 10.1 Å². The molecule has 1 aromatic carbocycles. The molecule has 1 aromatic rings. The Hall–Kier alpha value is -1.09. The molecule has 0 fully saturated rings. The van der Waals surface area contributed by atoms with Gasteiger partial charge in [0.15, 0.2) is 0 Å². The van der Waals surface area contributed by atoms with Crippen molar-refractivity contribution in [3.63, 3.8) is 0 Å². The fourth-order valence-corrected chi connectivity index (χ4v) is 1.25. The Balaban J connectivity index is 2.10. The molecule has 1 rings (SSSR count). The zero-order chi connectivity index (χ0) is 10.9. The number of hydrogen-bond donors (Lipinski definition) is 1. The number of hydrogen-bond acceptors (Lipinski definition) is 2. The van der Waals surface area contributed by atoms with Crippen LogP contribution in [0, 0.1) is 5.82 Å². The summed E-state index contributed by atoms with van der Waals surface area (Å²) in [6.45, 7) is 4.75. The second kappa shape index (κ2) is 7.23. The van der Waals surface area contributed by atoms with E-state index in [1.54, 1.807) is 12.1 Å². The molecule has 0 aromatic heterocycles. The topological polar surface area (TPSA) is 21.3 Å². The monoisotopic (exact) mass is 211 g/mol. The Morgan fingerprint density at radius 1 is 1.33 bits per heavy atom. The largest absolute Gasteiger partial charge is 0.493 e. The average molecular weight is 211 g/mol. The van der Waals surface area contributed by atoms with Crippen LogP contribution >= 0.6 is 0 Å². The molecule has 0 unspecified atom stereocenters. The SMILES string of the molecule is CCCNCCCOc1cccc(F)c1. The Bertz CT molecular complexity index is 278. The van der Waals surface area contributed by atoms with Gasteiger partial charge in [-0.25, -0.2) is 4.39 Å². The fraction of sp³-hybridized carbons (Fsp3) is 0.500. The number of nitrogens with one attached hydrogen (secondary N) is 1. The molecule has 0 radical (unpaired) electrons. The van der Waals surface area contributed by atoms with Crippen molar-refractivity contribution in [2.75, 3.05) is 19.7 Å². The molecule has 1 N–H and O–H groups in total. The highest BCUT2D eigenvalue weighted by Gasteiger charge is 1.95. The minimum atomic E-state index is -0.253. The van der Waals surface area contributed by atoms with E-state index in [2.05, 4.69) is 12.2 Å². The van der Waals surface area contributed by atoms with Crippen LogP contribution in [-0.2, 0) is 0 Å². The normalized spacial score (nSPS) is 10.3. The number of benzene rings is 1. The van der Waals surface area contributed by atoms with Crippen LogP contribution in [0.5, 0.6) is 5.75 Å². The quantitative estimate of drug-likeness (QED) is 0.700. The molecule has 0 aliphatic rings. The predicted octanol–water partition coefficient (Wildman–Crippen LogP) is 2.59. The summed E-state index contributed by atoms with van der Waals surface area (Å²) in [6.07, 6.45) is 2.08. The van der Waals surface area contributed by atoms with Crippen molar-refractivity contribution in [2.45, 2.75) is 19.8 Å². The van der Waals surface area contributed by atoms with Gasteiger partial charge in [-0.05, 0) is 38.1 Å². The first-order chi connectivity index (χ1) is 7.33. The van der Waals surface area contributed by atoms with E-state index in [1.807, 2.05) is 0 Å². The van der Waals surface area contributed by atoms with E-state index in [1.165, 1.54) is 12.1 Å². The molecule has 0 saturated heterocycles. The summed E-state index contributed by atoms with van der Waals surface area (Å²) in [5.74, 6) is 0.349. The summed E-state index contributed by atoms with van der Waals surface area (Å²) in [4.78, 5) is 0. The summed E-state index contributed by atoms with van der Waals surface area (Å²) >= 11 is 0. The zero-order valence-corrected chi connectivity index (χ0v) is 9.13. The van der Waals surface area contributed by atoms with Gasteiger partial charge >= 0.3 is 0 Å². The molecule has 3 heteroatoms. The molecule has 0 atom stereocenters. The van der Waals surface area contributed by atoms with Crippen LogP contribution < -0.4 is 10.1 Å². The second-order valence-corrected chi connectivity index (χ2v) is 3.41. The lowest BCUT2D eigenvalue weighted by molar-refractivity contribution is 0.307. The first-order valence-electron chi connectivity index (χ1n) is 5.42. The third-order valence-corrected chi connectivity index (χ3v) is 1.99. The lowest BCUT2D eigenvalue weighted by Gasteiger charge is -2.06. The third-order valence-electron chi connectivity index (χ3n) is 1.99. The Kier molecular flexibility index (Phi) is 5.78. The van der Waals surface area contributed by atoms with Crippen molar-refractivity contribution >= 4 is 0 Å². The molecule has 2 nitrogen and oxygen atoms in total. The van der Waals surface area contributed by atoms with Crippen LogP contribution in [0.2, 0.25) is 0 Å². The fourth-order valence-electron chi connectivity index (χ4n) is 1.25. The lowest BCUT2D eigenvalue weighted by atomic mass is 10.3. The van der Waals surface area contributed by atoms with Crippen molar-refractivity contribution in [1.82, 2.24) is 5.32 Å². The van der Waals surface area contributed by atoms with Crippen LogP contribution in [0.1, 0.15) is 19.8 Å². The summed E-state index contributed by atoms with van der Waals surface area (Å²) in [5, 5.41) is 3.28. The van der Waals surface area contributed by atoms with E-state index in [0.717, 1.165) is 25.9 Å². The zero-order valence-electron chi connectivity index (χ0n) is 9.13. The maximum atomic E-state index is 12.8. The van der Waals surface area contributed by atoms with Gasteiger partial charge in [0.05, 0.1) is 6.61 Å². The molecular weight excluding hydrogens is 193 g/mol. The highest BCUT2D eigenvalue weighted by atomic mass is 19.1. The van der Waals surface area contributed by atoms with Gasteiger partial charge in [0.25, 0.3) is 0 Å². The van der Waals surface area contributed by atoms with Gasteiger partial charge in [0.1, 0.15) is 11.6 Å². The van der Waals surface area contributed by atoms with Crippen molar-refractivity contribution in [2.24, 2.45) is 0 Å². The molecular formula is C12H18FNO. The van der Waals surface area contributed by atoms with E-state index in [0.29, 0.717) is 12.4 Å². The number of ether oxygens (including phenoxy) is 1. The molecule has 0 spiro atoms. The van der Waals surface area contributed by atoms with Gasteiger partial charge in [-0.3, -0.25) is 0 Å². The summed E-state index contributed by atoms with van der Waals surface area (Å²) in [7, 11) is 0. The summed E-state index contributed by atoms with van der Waals surface area (Å²) in [6, 6.07) is 6.23. The predicted molar refractivity (Wildman–Crippen MR) is 59.7 cm³/mol. The highest BCUT2D eigenvalue weighted by molar-refractivity contribution is 5.22. The minimum Gasteiger partial charge on any atom is -0.493 e.